The molecule has 0 bridgehead atoms. The van der Waals surface area contributed by atoms with Gasteiger partial charge in [-0.2, -0.15) is 0 Å². The molecule has 0 aromatic rings. The summed E-state index contributed by atoms with van der Waals surface area (Å²) >= 11 is 1.37. The van der Waals surface area contributed by atoms with Gasteiger partial charge in [-0.1, -0.05) is 11.8 Å². The van der Waals surface area contributed by atoms with Gasteiger partial charge in [-0.15, -0.1) is 0 Å². The number of hydrazine groups is 1. The monoisotopic (exact) mass is 245 g/mol. The molecule has 16 heavy (non-hydrogen) atoms. The average Bonchev–Trinajstić information content (AvgIpc) is 2.63. The lowest BCUT2D eigenvalue weighted by molar-refractivity contribution is -0.132. The normalized spacial score (nSPS) is 24.4. The summed E-state index contributed by atoms with van der Waals surface area (Å²) in [6, 6.07) is 0.195. The number of thioether (sulfide) groups is 1. The van der Waals surface area contributed by atoms with Crippen molar-refractivity contribution in [3.63, 3.8) is 0 Å². The van der Waals surface area contributed by atoms with Crippen LogP contribution < -0.4 is 10.7 Å². The summed E-state index contributed by atoms with van der Waals surface area (Å²) in [6.07, 6.45) is 1.36. The number of hydrogen-bond acceptors (Lipinski definition) is 5. The lowest BCUT2D eigenvalue weighted by atomic mass is 10.1. The topological polar surface area (TPSA) is 61.4 Å². The van der Waals surface area contributed by atoms with Crippen LogP contribution in [0.2, 0.25) is 0 Å². The zero-order valence-corrected chi connectivity index (χ0v) is 10.8. The van der Waals surface area contributed by atoms with E-state index >= 15 is 0 Å². The van der Waals surface area contributed by atoms with Gasteiger partial charge in [-0.3, -0.25) is 14.6 Å². The van der Waals surface area contributed by atoms with E-state index in [9.17, 15) is 9.59 Å². The first-order valence-electron chi connectivity index (χ1n) is 5.37. The van der Waals surface area contributed by atoms with E-state index in [-0.39, 0.29) is 17.1 Å². The third-order valence-electron chi connectivity index (χ3n) is 2.64. The number of carbonyl (C=O) groups excluding carboxylic acids is 2. The molecule has 0 radical (unpaired) electrons. The first-order valence-corrected chi connectivity index (χ1v) is 6.25. The van der Waals surface area contributed by atoms with Gasteiger partial charge < -0.3 is 5.32 Å². The van der Waals surface area contributed by atoms with Gasteiger partial charge in [0.15, 0.2) is 5.12 Å². The average molecular weight is 245 g/mol. The standard InChI is InChI=1S/C10H19N3O2S/c1-7(14)16-9-4-8(12-6-9)5-10(15)13(3)11-2/h8-9,11-12H,4-6H2,1-3H3. The third kappa shape index (κ3) is 4.11. The van der Waals surface area contributed by atoms with Crippen molar-refractivity contribution in [2.75, 3.05) is 20.6 Å². The second-order valence-corrected chi connectivity index (χ2v) is 5.43. The van der Waals surface area contributed by atoms with Crippen molar-refractivity contribution in [2.24, 2.45) is 0 Å². The van der Waals surface area contributed by atoms with E-state index in [0.717, 1.165) is 13.0 Å². The molecule has 6 heteroatoms. The lowest BCUT2D eigenvalue weighted by Gasteiger charge is -2.17. The van der Waals surface area contributed by atoms with Crippen LogP contribution in [0.4, 0.5) is 0 Å². The fourth-order valence-electron chi connectivity index (χ4n) is 1.73. The van der Waals surface area contributed by atoms with E-state index in [0.29, 0.717) is 11.7 Å². The van der Waals surface area contributed by atoms with Gasteiger partial charge in [0.2, 0.25) is 5.91 Å². The predicted octanol–water partition coefficient (Wildman–Crippen LogP) is -0.0205. The van der Waals surface area contributed by atoms with Gasteiger partial charge in [0.25, 0.3) is 0 Å². The molecular formula is C10H19N3O2S. The molecule has 0 aliphatic carbocycles. The Morgan fingerprint density at radius 2 is 2.25 bits per heavy atom. The fourth-order valence-corrected chi connectivity index (χ4v) is 2.71. The smallest absolute Gasteiger partial charge is 0.237 e. The van der Waals surface area contributed by atoms with E-state index in [4.69, 9.17) is 0 Å². The zero-order chi connectivity index (χ0) is 12.1. The number of nitrogens with one attached hydrogen (secondary N) is 2. The van der Waals surface area contributed by atoms with Gasteiger partial charge in [0.1, 0.15) is 0 Å². The molecule has 1 aliphatic heterocycles. The van der Waals surface area contributed by atoms with Crippen LogP contribution in [0.25, 0.3) is 0 Å². The summed E-state index contributed by atoms with van der Waals surface area (Å²) in [5, 5.41) is 5.21. The molecule has 2 unspecified atom stereocenters. The van der Waals surface area contributed by atoms with Crippen LogP contribution >= 0.6 is 11.8 Å². The second kappa shape index (κ2) is 6.22. The van der Waals surface area contributed by atoms with Gasteiger partial charge in [0, 0.05) is 45.3 Å². The summed E-state index contributed by atoms with van der Waals surface area (Å²) in [5.74, 6) is 0.0634. The van der Waals surface area contributed by atoms with E-state index in [1.54, 1.807) is 21.0 Å². The fraction of sp³-hybridized carbons (Fsp3) is 0.800. The number of amides is 1. The van der Waals surface area contributed by atoms with Crippen LogP contribution in [-0.4, -0.2) is 48.0 Å². The summed E-state index contributed by atoms with van der Waals surface area (Å²) in [6.45, 7) is 2.39. The van der Waals surface area contributed by atoms with Crippen LogP contribution in [0.15, 0.2) is 0 Å². The maximum Gasteiger partial charge on any atom is 0.237 e. The minimum absolute atomic E-state index is 0.0634. The molecular weight excluding hydrogens is 226 g/mol. The van der Waals surface area contributed by atoms with E-state index in [1.807, 2.05) is 0 Å². The Morgan fingerprint density at radius 1 is 1.56 bits per heavy atom. The molecule has 5 nitrogen and oxygen atoms in total. The minimum atomic E-state index is 0.0634. The Bertz CT molecular complexity index is 273. The summed E-state index contributed by atoms with van der Waals surface area (Å²) in [5.41, 5.74) is 2.78. The van der Waals surface area contributed by atoms with Crippen LogP contribution in [0.5, 0.6) is 0 Å². The largest absolute Gasteiger partial charge is 0.312 e. The molecule has 0 aromatic heterocycles. The number of nitrogens with zero attached hydrogens (tertiary/aromatic N) is 1. The van der Waals surface area contributed by atoms with Gasteiger partial charge >= 0.3 is 0 Å². The van der Waals surface area contributed by atoms with Gasteiger partial charge in [0.05, 0.1) is 0 Å². The quantitative estimate of drug-likeness (QED) is 0.682. The Labute approximate surface area is 100 Å². The third-order valence-corrected chi connectivity index (χ3v) is 3.67. The molecule has 1 amide bonds. The van der Waals surface area contributed by atoms with Crippen LogP contribution in [-0.2, 0) is 9.59 Å². The Kier molecular flexibility index (Phi) is 5.24. The zero-order valence-electron chi connectivity index (χ0n) is 9.95. The Hall–Kier alpha value is -0.590. The SMILES string of the molecule is CNN(C)C(=O)CC1CC(SC(C)=O)CN1. The van der Waals surface area contributed by atoms with Crippen LogP contribution in [0.3, 0.4) is 0 Å². The number of hydrogen-bond donors (Lipinski definition) is 2. The minimum Gasteiger partial charge on any atom is -0.312 e. The van der Waals surface area contributed by atoms with E-state index in [2.05, 4.69) is 10.7 Å². The van der Waals surface area contributed by atoms with Crippen LogP contribution in [0.1, 0.15) is 19.8 Å². The first-order chi connectivity index (χ1) is 7.52. The molecule has 0 aromatic carbocycles. The number of carbonyl (C=O) groups is 2. The highest BCUT2D eigenvalue weighted by Crippen LogP contribution is 2.23. The molecule has 1 rings (SSSR count). The van der Waals surface area contributed by atoms with Crippen molar-refractivity contribution in [2.45, 2.75) is 31.1 Å². The maximum atomic E-state index is 11.6. The van der Waals surface area contributed by atoms with Crippen LogP contribution in [0, 0.1) is 0 Å². The molecule has 1 fully saturated rings. The van der Waals surface area contributed by atoms with Crippen molar-refractivity contribution in [3.8, 4) is 0 Å². The van der Waals surface area contributed by atoms with E-state index in [1.165, 1.54) is 16.8 Å². The van der Waals surface area contributed by atoms with Gasteiger partial charge in [-0.25, -0.2) is 5.43 Å². The molecule has 2 N–H and O–H groups in total. The predicted molar refractivity (Wildman–Crippen MR) is 64.9 cm³/mol. The molecule has 92 valence electrons. The van der Waals surface area contributed by atoms with Crippen molar-refractivity contribution in [3.05, 3.63) is 0 Å². The van der Waals surface area contributed by atoms with Crippen molar-refractivity contribution < 1.29 is 9.59 Å². The highest BCUT2D eigenvalue weighted by atomic mass is 32.2. The van der Waals surface area contributed by atoms with Gasteiger partial charge in [-0.05, 0) is 6.42 Å². The highest BCUT2D eigenvalue weighted by molar-refractivity contribution is 8.14. The molecule has 1 saturated heterocycles. The molecule has 0 saturated carbocycles. The molecule has 0 spiro atoms. The summed E-state index contributed by atoms with van der Waals surface area (Å²) in [7, 11) is 3.42. The lowest BCUT2D eigenvalue weighted by Crippen LogP contribution is -2.39. The van der Waals surface area contributed by atoms with E-state index < -0.39 is 0 Å². The Morgan fingerprint density at radius 3 is 2.81 bits per heavy atom. The second-order valence-electron chi connectivity index (χ2n) is 3.95. The van der Waals surface area contributed by atoms with Crippen molar-refractivity contribution >= 4 is 22.8 Å². The summed E-state index contributed by atoms with van der Waals surface area (Å²) in [4.78, 5) is 22.5. The molecule has 1 heterocycles. The first kappa shape index (κ1) is 13.5. The van der Waals surface area contributed by atoms with Crippen molar-refractivity contribution in [1.82, 2.24) is 15.8 Å². The van der Waals surface area contributed by atoms with Crippen molar-refractivity contribution in [1.29, 1.82) is 0 Å². The molecule has 2 atom stereocenters. The summed E-state index contributed by atoms with van der Waals surface area (Å²) < 4.78 is 0. The maximum absolute atomic E-state index is 11.6. The molecule has 1 aliphatic rings. The highest BCUT2D eigenvalue weighted by Gasteiger charge is 2.27. The number of rotatable bonds is 4. The Balaban J connectivity index is 2.31.